The standard InChI is InChI=1S/C23H28F2N2O2/c1-23(2,3)29-22(28)26-13-11-21(12-14-26)27(20-9-7-18(24)8-10-20)16-17-5-4-6-19(25)15-17/h4-10,15,21H,11-14,16H2,1-3H3. The minimum atomic E-state index is -0.522. The van der Waals surface area contributed by atoms with Crippen LogP contribution in [0.25, 0.3) is 0 Å². The third-order valence-electron chi connectivity index (χ3n) is 4.96. The summed E-state index contributed by atoms with van der Waals surface area (Å²) in [6.07, 6.45) is 1.21. The second-order valence-electron chi connectivity index (χ2n) is 8.43. The topological polar surface area (TPSA) is 32.8 Å². The number of ether oxygens (including phenoxy) is 1. The number of halogens is 2. The number of rotatable bonds is 4. The van der Waals surface area contributed by atoms with Crippen molar-refractivity contribution in [1.29, 1.82) is 0 Å². The lowest BCUT2D eigenvalue weighted by atomic mass is 10.0. The van der Waals surface area contributed by atoms with Crippen molar-refractivity contribution in [2.24, 2.45) is 0 Å². The molecule has 0 saturated carbocycles. The fourth-order valence-corrected chi connectivity index (χ4v) is 3.58. The monoisotopic (exact) mass is 402 g/mol. The van der Waals surface area contributed by atoms with Crippen LogP contribution in [0.15, 0.2) is 48.5 Å². The zero-order valence-electron chi connectivity index (χ0n) is 17.2. The fourth-order valence-electron chi connectivity index (χ4n) is 3.58. The summed E-state index contributed by atoms with van der Waals surface area (Å²) in [6, 6.07) is 13.0. The van der Waals surface area contributed by atoms with Gasteiger partial charge in [-0.2, -0.15) is 0 Å². The van der Waals surface area contributed by atoms with E-state index in [1.165, 1.54) is 24.3 Å². The number of carbonyl (C=O) groups is 1. The molecule has 29 heavy (non-hydrogen) atoms. The van der Waals surface area contributed by atoms with E-state index in [1.807, 2.05) is 26.8 Å². The molecule has 0 aromatic heterocycles. The summed E-state index contributed by atoms with van der Waals surface area (Å²) in [4.78, 5) is 16.2. The summed E-state index contributed by atoms with van der Waals surface area (Å²) in [5.41, 5.74) is 1.21. The Morgan fingerprint density at radius 2 is 1.72 bits per heavy atom. The first-order chi connectivity index (χ1) is 13.7. The van der Waals surface area contributed by atoms with Gasteiger partial charge in [-0.3, -0.25) is 0 Å². The van der Waals surface area contributed by atoms with Gasteiger partial charge in [-0.25, -0.2) is 13.6 Å². The Labute approximate surface area is 171 Å². The van der Waals surface area contributed by atoms with Crippen molar-refractivity contribution in [1.82, 2.24) is 4.90 Å². The molecule has 0 N–H and O–H groups in total. The summed E-state index contributed by atoms with van der Waals surface area (Å²) in [6.45, 7) is 7.24. The molecule has 1 heterocycles. The van der Waals surface area contributed by atoms with Crippen molar-refractivity contribution in [3.8, 4) is 0 Å². The van der Waals surface area contributed by atoms with Crippen LogP contribution in [-0.2, 0) is 11.3 Å². The van der Waals surface area contributed by atoms with E-state index < -0.39 is 5.60 Å². The average Bonchev–Trinajstić information content (AvgIpc) is 2.66. The van der Waals surface area contributed by atoms with Gasteiger partial charge >= 0.3 is 6.09 Å². The molecule has 3 rings (SSSR count). The van der Waals surface area contributed by atoms with Gasteiger partial charge in [0.05, 0.1) is 0 Å². The van der Waals surface area contributed by atoms with Crippen LogP contribution in [0, 0.1) is 11.6 Å². The van der Waals surface area contributed by atoms with E-state index >= 15 is 0 Å². The number of piperidine rings is 1. The SMILES string of the molecule is CC(C)(C)OC(=O)N1CCC(N(Cc2cccc(F)c2)c2ccc(F)cc2)CC1. The van der Waals surface area contributed by atoms with Crippen LogP contribution < -0.4 is 4.90 Å². The van der Waals surface area contributed by atoms with Gasteiger partial charge in [0.2, 0.25) is 0 Å². The first-order valence-corrected chi connectivity index (χ1v) is 9.96. The molecule has 1 saturated heterocycles. The van der Waals surface area contributed by atoms with Gasteiger partial charge < -0.3 is 14.5 Å². The summed E-state index contributed by atoms with van der Waals surface area (Å²) in [5, 5.41) is 0. The van der Waals surface area contributed by atoms with E-state index in [2.05, 4.69) is 4.90 Å². The van der Waals surface area contributed by atoms with Crippen molar-refractivity contribution in [3.05, 3.63) is 65.7 Å². The van der Waals surface area contributed by atoms with Crippen LogP contribution in [0.3, 0.4) is 0 Å². The number of carbonyl (C=O) groups excluding carboxylic acids is 1. The molecule has 1 amide bonds. The third kappa shape index (κ3) is 5.92. The molecule has 0 aliphatic carbocycles. The lowest BCUT2D eigenvalue weighted by molar-refractivity contribution is 0.0204. The molecule has 0 spiro atoms. The Hall–Kier alpha value is -2.63. The molecule has 0 bridgehead atoms. The van der Waals surface area contributed by atoms with Crippen molar-refractivity contribution in [2.45, 2.75) is 51.8 Å². The first kappa shape index (κ1) is 21.1. The maximum atomic E-state index is 13.7. The van der Waals surface area contributed by atoms with Crippen LogP contribution in [0.5, 0.6) is 0 Å². The quantitative estimate of drug-likeness (QED) is 0.689. The van der Waals surface area contributed by atoms with Gasteiger partial charge in [-0.15, -0.1) is 0 Å². The number of hydrogen-bond donors (Lipinski definition) is 0. The molecule has 6 heteroatoms. The molecule has 1 aliphatic rings. The van der Waals surface area contributed by atoms with Gasteiger partial charge in [-0.05, 0) is 75.6 Å². The van der Waals surface area contributed by atoms with Gasteiger partial charge in [0.15, 0.2) is 0 Å². The summed E-state index contributed by atoms with van der Waals surface area (Å²) in [7, 11) is 0. The normalized spacial score (nSPS) is 15.3. The highest BCUT2D eigenvalue weighted by Gasteiger charge is 2.30. The molecule has 2 aromatic rings. The zero-order valence-corrected chi connectivity index (χ0v) is 17.2. The maximum absolute atomic E-state index is 13.7. The minimum Gasteiger partial charge on any atom is -0.444 e. The largest absolute Gasteiger partial charge is 0.444 e. The molecule has 156 valence electrons. The van der Waals surface area contributed by atoms with E-state index in [0.717, 1.165) is 24.1 Å². The van der Waals surface area contributed by atoms with Crippen molar-refractivity contribution in [2.75, 3.05) is 18.0 Å². The molecule has 0 atom stereocenters. The number of anilines is 1. The summed E-state index contributed by atoms with van der Waals surface area (Å²) >= 11 is 0. The van der Waals surface area contributed by atoms with Gasteiger partial charge in [0, 0.05) is 31.4 Å². The minimum absolute atomic E-state index is 0.155. The molecular formula is C23H28F2N2O2. The van der Waals surface area contributed by atoms with Crippen LogP contribution in [0.1, 0.15) is 39.2 Å². The second-order valence-corrected chi connectivity index (χ2v) is 8.43. The Morgan fingerprint density at radius 3 is 2.31 bits per heavy atom. The molecule has 1 fully saturated rings. The molecule has 1 aliphatic heterocycles. The lowest BCUT2D eigenvalue weighted by Gasteiger charge is -2.40. The number of hydrogen-bond acceptors (Lipinski definition) is 3. The number of nitrogens with zero attached hydrogens (tertiary/aromatic N) is 2. The average molecular weight is 402 g/mol. The molecule has 4 nitrogen and oxygen atoms in total. The predicted molar refractivity (Wildman–Crippen MR) is 110 cm³/mol. The van der Waals surface area contributed by atoms with E-state index in [4.69, 9.17) is 4.74 Å². The molecule has 0 unspecified atom stereocenters. The Balaban J connectivity index is 1.73. The van der Waals surface area contributed by atoms with Crippen LogP contribution >= 0.6 is 0 Å². The number of benzene rings is 2. The van der Waals surface area contributed by atoms with E-state index in [-0.39, 0.29) is 23.8 Å². The highest BCUT2D eigenvalue weighted by atomic mass is 19.1. The van der Waals surface area contributed by atoms with Crippen molar-refractivity contribution in [3.63, 3.8) is 0 Å². The molecule has 0 radical (unpaired) electrons. The number of amides is 1. The summed E-state index contributed by atoms with van der Waals surface area (Å²) in [5.74, 6) is -0.569. The third-order valence-corrected chi connectivity index (χ3v) is 4.96. The maximum Gasteiger partial charge on any atom is 0.410 e. The van der Waals surface area contributed by atoms with E-state index in [9.17, 15) is 13.6 Å². The predicted octanol–water partition coefficient (Wildman–Crippen LogP) is 5.37. The van der Waals surface area contributed by atoms with Crippen LogP contribution in [0.4, 0.5) is 19.3 Å². The summed E-state index contributed by atoms with van der Waals surface area (Å²) < 4.78 is 32.6. The van der Waals surface area contributed by atoms with Gasteiger partial charge in [0.1, 0.15) is 17.2 Å². The zero-order chi connectivity index (χ0) is 21.0. The van der Waals surface area contributed by atoms with Crippen molar-refractivity contribution >= 4 is 11.8 Å². The van der Waals surface area contributed by atoms with E-state index in [0.29, 0.717) is 19.6 Å². The second kappa shape index (κ2) is 8.80. The van der Waals surface area contributed by atoms with Crippen LogP contribution in [-0.4, -0.2) is 35.7 Å². The Kier molecular flexibility index (Phi) is 6.40. The lowest BCUT2D eigenvalue weighted by Crippen LogP contribution is -2.48. The van der Waals surface area contributed by atoms with Crippen LogP contribution in [0.2, 0.25) is 0 Å². The highest BCUT2D eigenvalue weighted by Crippen LogP contribution is 2.27. The Morgan fingerprint density at radius 1 is 1.07 bits per heavy atom. The van der Waals surface area contributed by atoms with E-state index in [1.54, 1.807) is 23.1 Å². The Bertz CT molecular complexity index is 826. The first-order valence-electron chi connectivity index (χ1n) is 9.96. The highest BCUT2D eigenvalue weighted by molar-refractivity contribution is 5.68. The number of likely N-dealkylation sites (tertiary alicyclic amines) is 1. The fraction of sp³-hybridized carbons (Fsp3) is 0.435. The van der Waals surface area contributed by atoms with Gasteiger partial charge in [-0.1, -0.05) is 12.1 Å². The molecular weight excluding hydrogens is 374 g/mol. The smallest absolute Gasteiger partial charge is 0.410 e. The van der Waals surface area contributed by atoms with Gasteiger partial charge in [0.25, 0.3) is 0 Å². The van der Waals surface area contributed by atoms with Crippen molar-refractivity contribution < 1.29 is 18.3 Å². The molecule has 2 aromatic carbocycles.